The van der Waals surface area contributed by atoms with E-state index >= 15 is 0 Å². The van der Waals surface area contributed by atoms with Crippen LogP contribution in [0.1, 0.15) is 37.9 Å². The summed E-state index contributed by atoms with van der Waals surface area (Å²) in [6.07, 6.45) is 7.61. The fourth-order valence-corrected chi connectivity index (χ4v) is 4.11. The Hall–Kier alpha value is -2.02. The summed E-state index contributed by atoms with van der Waals surface area (Å²) in [6.45, 7) is 3.73. The van der Waals surface area contributed by atoms with E-state index in [1.807, 2.05) is 26.2 Å². The first kappa shape index (κ1) is 20.7. The van der Waals surface area contributed by atoms with Crippen LogP contribution in [0, 0.1) is 11.3 Å². The van der Waals surface area contributed by atoms with Gasteiger partial charge in [-0.2, -0.15) is 0 Å². The van der Waals surface area contributed by atoms with E-state index in [-0.39, 0.29) is 11.3 Å². The molecule has 156 valence electrons. The number of nitrogens with zero attached hydrogens (tertiary/aromatic N) is 2. The van der Waals surface area contributed by atoms with Gasteiger partial charge >= 0.3 is 0 Å². The fourth-order valence-electron chi connectivity index (χ4n) is 4.11. The lowest BCUT2D eigenvalue weighted by Gasteiger charge is -2.29. The van der Waals surface area contributed by atoms with Crippen molar-refractivity contribution in [1.82, 2.24) is 15.5 Å². The average molecular weight is 391 g/mol. The van der Waals surface area contributed by atoms with Crippen LogP contribution in [0.15, 0.2) is 27.8 Å². The molecule has 3 rings (SSSR count). The summed E-state index contributed by atoms with van der Waals surface area (Å²) in [5.41, 5.74) is -0.352. The van der Waals surface area contributed by atoms with Crippen molar-refractivity contribution in [2.45, 2.75) is 38.5 Å². The van der Waals surface area contributed by atoms with Gasteiger partial charge in [0, 0.05) is 46.1 Å². The highest BCUT2D eigenvalue weighted by molar-refractivity contribution is 5.84. The van der Waals surface area contributed by atoms with E-state index in [0.717, 1.165) is 76.5 Å². The minimum absolute atomic E-state index is 0.202. The van der Waals surface area contributed by atoms with Crippen LogP contribution in [0.25, 0.3) is 0 Å². The minimum Gasteiger partial charge on any atom is -0.469 e. The number of hydrogen-bond acceptors (Lipinski definition) is 4. The molecule has 1 aromatic heterocycles. The zero-order chi connectivity index (χ0) is 19.8. The van der Waals surface area contributed by atoms with Gasteiger partial charge in [-0.05, 0) is 31.4 Å². The Morgan fingerprint density at radius 3 is 2.79 bits per heavy atom. The molecule has 1 saturated heterocycles. The molecule has 28 heavy (non-hydrogen) atoms. The Kier molecular flexibility index (Phi) is 7.36. The van der Waals surface area contributed by atoms with Crippen LogP contribution in [0.2, 0.25) is 0 Å². The highest BCUT2D eigenvalue weighted by Crippen LogP contribution is 2.39. The van der Waals surface area contributed by atoms with Gasteiger partial charge in [-0.15, -0.1) is 0 Å². The number of furan rings is 1. The average Bonchev–Trinajstić information content (AvgIpc) is 3.46. The Morgan fingerprint density at radius 1 is 1.32 bits per heavy atom. The van der Waals surface area contributed by atoms with Gasteiger partial charge in [0.2, 0.25) is 5.91 Å². The van der Waals surface area contributed by atoms with Crippen molar-refractivity contribution in [1.29, 1.82) is 0 Å². The first-order valence-corrected chi connectivity index (χ1v) is 10.4. The zero-order valence-corrected chi connectivity index (χ0v) is 17.2. The molecule has 2 fully saturated rings. The van der Waals surface area contributed by atoms with Crippen molar-refractivity contribution in [3.63, 3.8) is 0 Å². The minimum atomic E-state index is -0.352. The van der Waals surface area contributed by atoms with E-state index in [0.29, 0.717) is 12.5 Å². The molecule has 1 aliphatic heterocycles. The van der Waals surface area contributed by atoms with Crippen LogP contribution >= 0.6 is 0 Å². The number of hydrogen-bond donors (Lipinski definition) is 2. The first-order chi connectivity index (χ1) is 13.6. The van der Waals surface area contributed by atoms with Crippen LogP contribution in [0.4, 0.5) is 0 Å². The standard InChI is InChI=1S/C21H34N4O3/c1-25(2)19(26)21(9-3-4-10-21)16-24-20(23-14-17-8-13-27-15-17)22-11-7-18-6-5-12-28-18/h5-6,12,17H,3-4,7-11,13-16H2,1-2H3,(H2,22,23,24). The van der Waals surface area contributed by atoms with Gasteiger partial charge in [0.15, 0.2) is 5.96 Å². The maximum absolute atomic E-state index is 12.8. The van der Waals surface area contributed by atoms with Crippen LogP contribution in [-0.2, 0) is 16.0 Å². The number of amides is 1. The third-order valence-electron chi connectivity index (χ3n) is 5.79. The van der Waals surface area contributed by atoms with E-state index < -0.39 is 0 Å². The molecule has 1 atom stereocenters. The number of nitrogens with one attached hydrogen (secondary N) is 2. The lowest BCUT2D eigenvalue weighted by Crippen LogP contribution is -2.44. The Labute approximate surface area is 167 Å². The maximum Gasteiger partial charge on any atom is 0.230 e. The summed E-state index contributed by atoms with van der Waals surface area (Å²) < 4.78 is 10.9. The number of rotatable bonds is 8. The first-order valence-electron chi connectivity index (χ1n) is 10.4. The SMILES string of the molecule is CN(C)C(=O)C1(CN=C(NCCc2ccco2)NCC2CCOC2)CCCC1. The normalized spacial score (nSPS) is 21.6. The number of guanidine groups is 1. The highest BCUT2D eigenvalue weighted by atomic mass is 16.5. The summed E-state index contributed by atoms with van der Waals surface area (Å²) in [4.78, 5) is 19.4. The van der Waals surface area contributed by atoms with Gasteiger partial charge in [-0.25, -0.2) is 0 Å². The Bertz CT molecular complexity index is 630. The predicted molar refractivity (Wildman–Crippen MR) is 109 cm³/mol. The van der Waals surface area contributed by atoms with Crippen molar-refractivity contribution in [3.8, 4) is 0 Å². The molecule has 1 aromatic rings. The summed E-state index contributed by atoms with van der Waals surface area (Å²) in [6, 6.07) is 3.88. The third-order valence-corrected chi connectivity index (χ3v) is 5.79. The topological polar surface area (TPSA) is 79.1 Å². The lowest BCUT2D eigenvalue weighted by molar-refractivity contribution is -0.138. The molecular formula is C21H34N4O3. The van der Waals surface area contributed by atoms with Crippen molar-refractivity contribution < 1.29 is 13.9 Å². The number of aliphatic imine (C=N–C) groups is 1. The molecule has 1 unspecified atom stereocenters. The van der Waals surface area contributed by atoms with Crippen LogP contribution < -0.4 is 10.6 Å². The number of ether oxygens (including phenoxy) is 1. The molecule has 2 heterocycles. The van der Waals surface area contributed by atoms with Gasteiger partial charge in [0.1, 0.15) is 5.76 Å². The molecule has 2 aliphatic rings. The van der Waals surface area contributed by atoms with Gasteiger partial charge in [-0.3, -0.25) is 9.79 Å². The van der Waals surface area contributed by atoms with Crippen LogP contribution in [0.5, 0.6) is 0 Å². The quantitative estimate of drug-likeness (QED) is 0.525. The third kappa shape index (κ3) is 5.50. The predicted octanol–water partition coefficient (Wildman–Crippen LogP) is 2.04. The van der Waals surface area contributed by atoms with E-state index in [1.54, 1.807) is 11.2 Å². The fraction of sp³-hybridized carbons (Fsp3) is 0.714. The van der Waals surface area contributed by atoms with E-state index in [1.165, 1.54) is 0 Å². The van der Waals surface area contributed by atoms with Gasteiger partial charge < -0.3 is 24.7 Å². The maximum atomic E-state index is 12.8. The molecule has 0 spiro atoms. The van der Waals surface area contributed by atoms with Crippen molar-refractivity contribution in [3.05, 3.63) is 24.2 Å². The molecule has 1 aliphatic carbocycles. The van der Waals surface area contributed by atoms with Crippen molar-refractivity contribution in [2.75, 3.05) is 46.9 Å². The highest BCUT2D eigenvalue weighted by Gasteiger charge is 2.42. The second-order valence-electron chi connectivity index (χ2n) is 8.22. The van der Waals surface area contributed by atoms with E-state index in [2.05, 4.69) is 10.6 Å². The summed E-state index contributed by atoms with van der Waals surface area (Å²) in [5, 5.41) is 6.86. The Morgan fingerprint density at radius 2 is 2.14 bits per heavy atom. The van der Waals surface area contributed by atoms with Crippen molar-refractivity contribution >= 4 is 11.9 Å². The molecule has 0 radical (unpaired) electrons. The largest absolute Gasteiger partial charge is 0.469 e. The van der Waals surface area contributed by atoms with Crippen LogP contribution in [-0.4, -0.2) is 63.7 Å². The molecule has 2 N–H and O–H groups in total. The molecule has 7 nitrogen and oxygen atoms in total. The van der Waals surface area contributed by atoms with Gasteiger partial charge in [-0.1, -0.05) is 12.8 Å². The summed E-state index contributed by atoms with van der Waals surface area (Å²) in [7, 11) is 3.68. The lowest BCUT2D eigenvalue weighted by atomic mass is 9.85. The molecular weight excluding hydrogens is 356 g/mol. The van der Waals surface area contributed by atoms with E-state index in [4.69, 9.17) is 14.1 Å². The summed E-state index contributed by atoms with van der Waals surface area (Å²) in [5.74, 6) is 2.44. The molecule has 1 amide bonds. The van der Waals surface area contributed by atoms with Gasteiger partial charge in [0.05, 0.1) is 24.8 Å². The molecule has 0 bridgehead atoms. The van der Waals surface area contributed by atoms with Crippen LogP contribution in [0.3, 0.4) is 0 Å². The van der Waals surface area contributed by atoms with Crippen molar-refractivity contribution in [2.24, 2.45) is 16.3 Å². The van der Waals surface area contributed by atoms with E-state index in [9.17, 15) is 4.79 Å². The van der Waals surface area contributed by atoms with Gasteiger partial charge in [0.25, 0.3) is 0 Å². The number of carbonyl (C=O) groups is 1. The monoisotopic (exact) mass is 390 g/mol. The molecule has 0 aromatic carbocycles. The second-order valence-corrected chi connectivity index (χ2v) is 8.22. The molecule has 1 saturated carbocycles. The number of carbonyl (C=O) groups excluding carboxylic acids is 1. The Balaban J connectivity index is 1.61. The summed E-state index contributed by atoms with van der Waals surface area (Å²) >= 11 is 0. The molecule has 7 heteroatoms. The smallest absolute Gasteiger partial charge is 0.230 e. The second kappa shape index (κ2) is 9.96. The zero-order valence-electron chi connectivity index (χ0n) is 17.2.